The summed E-state index contributed by atoms with van der Waals surface area (Å²) in [4.78, 5) is 18.6. The van der Waals surface area contributed by atoms with E-state index >= 15 is 0 Å². The van der Waals surface area contributed by atoms with Gasteiger partial charge in [0.25, 0.3) is 0 Å². The number of amides is 1. The first-order chi connectivity index (χ1) is 10.9. The zero-order valence-corrected chi connectivity index (χ0v) is 14.4. The SMILES string of the molecule is Cc1cc(NC(=O)CN(C)c2ccc3nc(C)sc3c2)n(C)n1. The number of rotatable bonds is 4. The van der Waals surface area contributed by atoms with E-state index in [2.05, 4.69) is 21.5 Å². The number of nitrogens with one attached hydrogen (secondary N) is 1. The second-order valence-electron chi connectivity index (χ2n) is 5.58. The summed E-state index contributed by atoms with van der Waals surface area (Å²) in [6.45, 7) is 4.17. The quantitative estimate of drug-likeness (QED) is 0.799. The van der Waals surface area contributed by atoms with E-state index in [0.29, 0.717) is 5.82 Å². The molecule has 0 unspecified atom stereocenters. The lowest BCUT2D eigenvalue weighted by molar-refractivity contribution is -0.115. The van der Waals surface area contributed by atoms with Gasteiger partial charge in [-0.05, 0) is 32.0 Å². The molecule has 120 valence electrons. The molecule has 2 heterocycles. The molecule has 0 radical (unpaired) electrons. The zero-order valence-electron chi connectivity index (χ0n) is 13.6. The van der Waals surface area contributed by atoms with Gasteiger partial charge in [0.1, 0.15) is 5.82 Å². The predicted octanol–water partition coefficient (Wildman–Crippen LogP) is 2.72. The van der Waals surface area contributed by atoms with Crippen LogP contribution in [0.4, 0.5) is 11.5 Å². The van der Waals surface area contributed by atoms with E-state index in [1.54, 1.807) is 16.0 Å². The van der Waals surface area contributed by atoms with Crippen molar-refractivity contribution in [2.45, 2.75) is 13.8 Å². The van der Waals surface area contributed by atoms with Crippen LogP contribution in [0, 0.1) is 13.8 Å². The minimum absolute atomic E-state index is 0.0731. The molecule has 0 atom stereocenters. The van der Waals surface area contributed by atoms with Gasteiger partial charge < -0.3 is 10.2 Å². The summed E-state index contributed by atoms with van der Waals surface area (Å²) < 4.78 is 2.80. The van der Waals surface area contributed by atoms with Crippen LogP contribution in [0.25, 0.3) is 10.2 Å². The minimum atomic E-state index is -0.0731. The largest absolute Gasteiger partial charge is 0.365 e. The van der Waals surface area contributed by atoms with Crippen LogP contribution in [-0.4, -0.2) is 34.3 Å². The number of nitrogens with zero attached hydrogens (tertiary/aromatic N) is 4. The van der Waals surface area contributed by atoms with E-state index in [9.17, 15) is 4.79 Å². The van der Waals surface area contributed by atoms with E-state index in [-0.39, 0.29) is 12.5 Å². The third kappa shape index (κ3) is 3.34. The first-order valence-electron chi connectivity index (χ1n) is 7.31. The van der Waals surface area contributed by atoms with Crippen LogP contribution in [0.1, 0.15) is 10.7 Å². The van der Waals surface area contributed by atoms with Crippen LogP contribution in [0.2, 0.25) is 0 Å². The van der Waals surface area contributed by atoms with Crippen LogP contribution in [0.15, 0.2) is 24.3 Å². The standard InChI is InChI=1S/C16H19N5OS/c1-10-7-15(21(4)19-10)18-16(22)9-20(3)12-5-6-13-14(8-12)23-11(2)17-13/h5-8H,9H2,1-4H3,(H,18,22). The Bertz CT molecular complexity index is 867. The highest BCUT2D eigenvalue weighted by Gasteiger charge is 2.11. The summed E-state index contributed by atoms with van der Waals surface area (Å²) in [7, 11) is 3.72. The lowest BCUT2D eigenvalue weighted by Crippen LogP contribution is -2.30. The van der Waals surface area contributed by atoms with E-state index < -0.39 is 0 Å². The average Bonchev–Trinajstić information content (AvgIpc) is 2.99. The topological polar surface area (TPSA) is 63.1 Å². The third-order valence-electron chi connectivity index (χ3n) is 3.57. The number of hydrogen-bond acceptors (Lipinski definition) is 5. The first kappa shape index (κ1) is 15.5. The maximum absolute atomic E-state index is 12.2. The molecule has 3 rings (SSSR count). The van der Waals surface area contributed by atoms with Crippen molar-refractivity contribution in [3.8, 4) is 0 Å². The summed E-state index contributed by atoms with van der Waals surface area (Å²) in [6.07, 6.45) is 0. The first-order valence-corrected chi connectivity index (χ1v) is 8.13. The van der Waals surface area contributed by atoms with Gasteiger partial charge in [-0.15, -0.1) is 11.3 Å². The van der Waals surface area contributed by atoms with Crippen LogP contribution >= 0.6 is 11.3 Å². The fourth-order valence-electron chi connectivity index (χ4n) is 2.48. The van der Waals surface area contributed by atoms with Crippen molar-refractivity contribution in [3.63, 3.8) is 0 Å². The maximum Gasteiger partial charge on any atom is 0.245 e. The van der Waals surface area contributed by atoms with Gasteiger partial charge in [0.2, 0.25) is 5.91 Å². The number of carbonyl (C=O) groups is 1. The van der Waals surface area contributed by atoms with Gasteiger partial charge in [-0.25, -0.2) is 4.98 Å². The Morgan fingerprint density at radius 2 is 2.13 bits per heavy atom. The highest BCUT2D eigenvalue weighted by molar-refractivity contribution is 7.18. The Balaban J connectivity index is 1.70. The van der Waals surface area contributed by atoms with Gasteiger partial charge >= 0.3 is 0 Å². The van der Waals surface area contributed by atoms with Gasteiger partial charge in [-0.2, -0.15) is 5.10 Å². The number of fused-ring (bicyclic) bond motifs is 1. The number of carbonyl (C=O) groups excluding carboxylic acids is 1. The number of aryl methyl sites for hydroxylation is 3. The van der Waals surface area contributed by atoms with Crippen molar-refractivity contribution in [3.05, 3.63) is 35.0 Å². The summed E-state index contributed by atoms with van der Waals surface area (Å²) in [5, 5.41) is 8.15. The summed E-state index contributed by atoms with van der Waals surface area (Å²) in [5.41, 5.74) is 2.87. The van der Waals surface area contributed by atoms with E-state index in [1.807, 2.05) is 51.0 Å². The van der Waals surface area contributed by atoms with E-state index in [0.717, 1.165) is 26.6 Å². The highest BCUT2D eigenvalue weighted by Crippen LogP contribution is 2.26. The van der Waals surface area contributed by atoms with Gasteiger partial charge in [-0.3, -0.25) is 9.48 Å². The van der Waals surface area contributed by atoms with Crippen molar-refractivity contribution in [1.82, 2.24) is 14.8 Å². The summed E-state index contributed by atoms with van der Waals surface area (Å²) in [6, 6.07) is 7.90. The highest BCUT2D eigenvalue weighted by atomic mass is 32.1. The molecule has 0 aliphatic heterocycles. The normalized spacial score (nSPS) is 11.0. The van der Waals surface area contributed by atoms with Crippen molar-refractivity contribution in [2.24, 2.45) is 7.05 Å². The number of likely N-dealkylation sites (N-methyl/N-ethyl adjacent to an activating group) is 1. The van der Waals surface area contributed by atoms with Gasteiger partial charge in [0, 0.05) is 25.8 Å². The molecule has 6 nitrogen and oxygen atoms in total. The van der Waals surface area contributed by atoms with Crippen LogP contribution in [-0.2, 0) is 11.8 Å². The predicted molar refractivity (Wildman–Crippen MR) is 94.2 cm³/mol. The Morgan fingerprint density at radius 1 is 1.35 bits per heavy atom. The molecule has 0 saturated carbocycles. The van der Waals surface area contributed by atoms with Crippen molar-refractivity contribution in [1.29, 1.82) is 0 Å². The Hall–Kier alpha value is -2.41. The number of hydrogen-bond donors (Lipinski definition) is 1. The van der Waals surface area contributed by atoms with E-state index in [4.69, 9.17) is 0 Å². The smallest absolute Gasteiger partial charge is 0.245 e. The summed E-state index contributed by atoms with van der Waals surface area (Å²) in [5.74, 6) is 0.630. The van der Waals surface area contributed by atoms with Crippen molar-refractivity contribution in [2.75, 3.05) is 23.8 Å². The molecule has 2 aromatic heterocycles. The lowest BCUT2D eigenvalue weighted by Gasteiger charge is -2.18. The molecule has 0 aliphatic carbocycles. The molecule has 0 fully saturated rings. The van der Waals surface area contributed by atoms with Crippen molar-refractivity contribution >= 4 is 39.0 Å². The molecular weight excluding hydrogens is 310 g/mol. The molecule has 0 saturated heterocycles. The average molecular weight is 329 g/mol. The van der Waals surface area contributed by atoms with E-state index in [1.165, 1.54) is 0 Å². The number of thiazole rings is 1. The Kier molecular flexibility index (Phi) is 4.04. The maximum atomic E-state index is 12.2. The molecule has 0 spiro atoms. The Morgan fingerprint density at radius 3 is 2.83 bits per heavy atom. The molecule has 1 amide bonds. The van der Waals surface area contributed by atoms with Crippen LogP contribution in [0.3, 0.4) is 0 Å². The molecular formula is C16H19N5OS. The van der Waals surface area contributed by atoms with Crippen LogP contribution < -0.4 is 10.2 Å². The molecule has 3 aromatic rings. The number of anilines is 2. The minimum Gasteiger partial charge on any atom is -0.365 e. The molecule has 23 heavy (non-hydrogen) atoms. The number of benzene rings is 1. The van der Waals surface area contributed by atoms with Crippen molar-refractivity contribution < 1.29 is 4.79 Å². The van der Waals surface area contributed by atoms with Crippen LogP contribution in [0.5, 0.6) is 0 Å². The Labute approximate surface area is 138 Å². The van der Waals surface area contributed by atoms with Gasteiger partial charge in [0.05, 0.1) is 27.5 Å². The monoisotopic (exact) mass is 329 g/mol. The second-order valence-corrected chi connectivity index (χ2v) is 6.82. The summed E-state index contributed by atoms with van der Waals surface area (Å²) >= 11 is 1.66. The molecule has 1 aromatic carbocycles. The molecule has 7 heteroatoms. The zero-order chi connectivity index (χ0) is 16.6. The fourth-order valence-corrected chi connectivity index (χ4v) is 3.34. The molecule has 0 bridgehead atoms. The van der Waals surface area contributed by atoms with Gasteiger partial charge in [-0.1, -0.05) is 0 Å². The molecule has 1 N–H and O–H groups in total. The third-order valence-corrected chi connectivity index (χ3v) is 4.50. The number of aromatic nitrogens is 3. The fraction of sp³-hybridized carbons (Fsp3) is 0.312. The molecule has 0 aliphatic rings. The lowest BCUT2D eigenvalue weighted by atomic mass is 10.2. The second kappa shape index (κ2) is 6.00. The van der Waals surface area contributed by atoms with Gasteiger partial charge in [0.15, 0.2) is 0 Å².